The zero-order chi connectivity index (χ0) is 14.6. The summed E-state index contributed by atoms with van der Waals surface area (Å²) >= 11 is 0. The predicted octanol–water partition coefficient (Wildman–Crippen LogP) is 2.44. The van der Waals surface area contributed by atoms with Gasteiger partial charge in [0.25, 0.3) is 10.1 Å². The molecule has 3 atom stereocenters. The predicted molar refractivity (Wildman–Crippen MR) is 73.5 cm³/mol. The molecule has 0 radical (unpaired) electrons. The minimum Gasteiger partial charge on any atom is -0.371 e. The molecule has 0 amide bonds. The van der Waals surface area contributed by atoms with Crippen molar-refractivity contribution in [3.05, 3.63) is 35.9 Å². The van der Waals surface area contributed by atoms with Gasteiger partial charge in [-0.1, -0.05) is 30.3 Å². The van der Waals surface area contributed by atoms with Gasteiger partial charge in [0.2, 0.25) is 0 Å². The van der Waals surface area contributed by atoms with Gasteiger partial charge in [-0.05, 0) is 24.8 Å². The Kier molecular flexibility index (Phi) is 5.12. The maximum Gasteiger partial charge on any atom is 0.264 e. The van der Waals surface area contributed by atoms with Gasteiger partial charge in [-0.15, -0.1) is 0 Å². The molecule has 6 heteroatoms. The van der Waals surface area contributed by atoms with Crippen LogP contribution in [-0.2, 0) is 25.6 Å². The number of hydrogen-bond donors (Lipinski definition) is 0. The number of hydrogen-bond acceptors (Lipinski definition) is 4. The molecule has 1 aliphatic carbocycles. The summed E-state index contributed by atoms with van der Waals surface area (Å²) in [5.41, 5.74) is 0.964. The van der Waals surface area contributed by atoms with E-state index >= 15 is 0 Å². The maximum absolute atomic E-state index is 13.9. The van der Waals surface area contributed by atoms with Crippen molar-refractivity contribution in [3.8, 4) is 0 Å². The lowest BCUT2D eigenvalue weighted by Crippen LogP contribution is -2.43. The molecular formula is C14H19FO4S. The van der Waals surface area contributed by atoms with Gasteiger partial charge in [0.05, 0.1) is 19.0 Å². The Balaban J connectivity index is 1.99. The summed E-state index contributed by atoms with van der Waals surface area (Å²) in [6.07, 6.45) is -0.360. The molecule has 3 unspecified atom stereocenters. The highest BCUT2D eigenvalue weighted by Crippen LogP contribution is 2.28. The van der Waals surface area contributed by atoms with Crippen molar-refractivity contribution in [2.24, 2.45) is 0 Å². The van der Waals surface area contributed by atoms with Crippen LogP contribution < -0.4 is 0 Å². The van der Waals surface area contributed by atoms with E-state index in [1.807, 2.05) is 30.3 Å². The normalized spacial score (nSPS) is 27.4. The van der Waals surface area contributed by atoms with Crippen LogP contribution in [-0.4, -0.2) is 33.1 Å². The van der Waals surface area contributed by atoms with Gasteiger partial charge in [-0.3, -0.25) is 4.18 Å². The highest BCUT2D eigenvalue weighted by atomic mass is 32.2. The Morgan fingerprint density at radius 3 is 2.60 bits per heavy atom. The summed E-state index contributed by atoms with van der Waals surface area (Å²) in [6.45, 7) is 0.321. The molecule has 1 saturated carbocycles. The van der Waals surface area contributed by atoms with Gasteiger partial charge in [0, 0.05) is 0 Å². The molecule has 0 heterocycles. The van der Waals surface area contributed by atoms with Crippen molar-refractivity contribution in [1.29, 1.82) is 0 Å². The summed E-state index contributed by atoms with van der Waals surface area (Å²) in [4.78, 5) is 0. The molecule has 4 nitrogen and oxygen atoms in total. The molecule has 0 bridgehead atoms. The molecule has 0 saturated heterocycles. The van der Waals surface area contributed by atoms with Crippen molar-refractivity contribution in [1.82, 2.24) is 0 Å². The molecule has 0 N–H and O–H groups in total. The molecule has 0 aliphatic heterocycles. The minimum absolute atomic E-state index is 0.311. The average molecular weight is 302 g/mol. The molecule has 2 rings (SSSR count). The van der Waals surface area contributed by atoms with E-state index in [4.69, 9.17) is 8.92 Å². The molecule has 20 heavy (non-hydrogen) atoms. The van der Waals surface area contributed by atoms with Gasteiger partial charge in [0.15, 0.2) is 0 Å². The highest BCUT2D eigenvalue weighted by molar-refractivity contribution is 7.86. The molecule has 0 aromatic heterocycles. The number of benzene rings is 1. The lowest BCUT2D eigenvalue weighted by atomic mass is 9.93. The van der Waals surface area contributed by atoms with Gasteiger partial charge >= 0.3 is 0 Å². The first kappa shape index (κ1) is 15.4. The van der Waals surface area contributed by atoms with Gasteiger partial charge in [0.1, 0.15) is 12.3 Å². The van der Waals surface area contributed by atoms with Crippen LogP contribution in [0, 0.1) is 0 Å². The summed E-state index contributed by atoms with van der Waals surface area (Å²) in [5.74, 6) is 0. The Morgan fingerprint density at radius 2 is 1.95 bits per heavy atom. The Morgan fingerprint density at radius 1 is 1.25 bits per heavy atom. The number of alkyl halides is 1. The second-order valence-corrected chi connectivity index (χ2v) is 6.65. The third-order valence-electron chi connectivity index (χ3n) is 3.28. The summed E-state index contributed by atoms with van der Waals surface area (Å²) in [7, 11) is -3.69. The van der Waals surface area contributed by atoms with Crippen LogP contribution in [0.15, 0.2) is 30.3 Å². The van der Waals surface area contributed by atoms with Crippen molar-refractivity contribution in [3.63, 3.8) is 0 Å². The fourth-order valence-corrected chi connectivity index (χ4v) is 3.00. The van der Waals surface area contributed by atoms with Gasteiger partial charge in [-0.25, -0.2) is 4.39 Å². The molecule has 1 aliphatic rings. The monoisotopic (exact) mass is 302 g/mol. The van der Waals surface area contributed by atoms with E-state index in [-0.39, 0.29) is 0 Å². The topological polar surface area (TPSA) is 52.6 Å². The third-order valence-corrected chi connectivity index (χ3v) is 3.86. The maximum atomic E-state index is 13.9. The van der Waals surface area contributed by atoms with E-state index in [2.05, 4.69) is 0 Å². The third kappa shape index (κ3) is 4.54. The van der Waals surface area contributed by atoms with E-state index < -0.39 is 28.5 Å². The number of rotatable bonds is 5. The van der Waals surface area contributed by atoms with Crippen LogP contribution in [0.3, 0.4) is 0 Å². The van der Waals surface area contributed by atoms with E-state index in [1.54, 1.807) is 0 Å². The molecule has 1 fully saturated rings. The molecule has 112 valence electrons. The quantitative estimate of drug-likeness (QED) is 0.784. The Hall–Kier alpha value is -0.980. The van der Waals surface area contributed by atoms with Crippen molar-refractivity contribution in [2.45, 2.75) is 44.2 Å². The van der Waals surface area contributed by atoms with Crippen LogP contribution in [0.2, 0.25) is 0 Å². The fraction of sp³-hybridized carbons (Fsp3) is 0.571. The van der Waals surface area contributed by atoms with Crippen LogP contribution in [0.5, 0.6) is 0 Å². The first-order valence-corrected chi connectivity index (χ1v) is 8.45. The van der Waals surface area contributed by atoms with E-state index in [0.717, 1.165) is 11.8 Å². The Labute approximate surface area is 119 Å². The van der Waals surface area contributed by atoms with E-state index in [1.165, 1.54) is 0 Å². The second kappa shape index (κ2) is 6.65. The van der Waals surface area contributed by atoms with Crippen LogP contribution in [0.25, 0.3) is 0 Å². The SMILES string of the molecule is CS(=O)(=O)OC1C(F)CCCC1OCc1ccccc1. The first-order chi connectivity index (χ1) is 9.46. The smallest absolute Gasteiger partial charge is 0.264 e. The molecule has 0 spiro atoms. The summed E-state index contributed by atoms with van der Waals surface area (Å²) in [6, 6.07) is 9.49. The fourth-order valence-electron chi connectivity index (χ4n) is 2.36. The lowest BCUT2D eigenvalue weighted by Gasteiger charge is -2.33. The molecule has 1 aromatic rings. The van der Waals surface area contributed by atoms with Crippen LogP contribution in [0.4, 0.5) is 4.39 Å². The Bertz CT molecular complexity index is 517. The number of halogens is 1. The minimum atomic E-state index is -3.69. The molecular weight excluding hydrogens is 283 g/mol. The average Bonchev–Trinajstić information content (AvgIpc) is 2.39. The van der Waals surface area contributed by atoms with Gasteiger partial charge in [-0.2, -0.15) is 8.42 Å². The highest BCUT2D eigenvalue weighted by Gasteiger charge is 2.37. The van der Waals surface area contributed by atoms with Crippen molar-refractivity contribution < 1.29 is 21.7 Å². The van der Waals surface area contributed by atoms with E-state index in [9.17, 15) is 12.8 Å². The summed E-state index contributed by atoms with van der Waals surface area (Å²) in [5, 5.41) is 0. The second-order valence-electron chi connectivity index (χ2n) is 5.05. The molecule has 1 aromatic carbocycles. The largest absolute Gasteiger partial charge is 0.371 e. The zero-order valence-corrected chi connectivity index (χ0v) is 12.2. The van der Waals surface area contributed by atoms with Crippen LogP contribution in [0.1, 0.15) is 24.8 Å². The van der Waals surface area contributed by atoms with Crippen molar-refractivity contribution in [2.75, 3.05) is 6.26 Å². The summed E-state index contributed by atoms with van der Waals surface area (Å²) < 4.78 is 46.9. The number of ether oxygens (including phenoxy) is 1. The van der Waals surface area contributed by atoms with Crippen LogP contribution >= 0.6 is 0 Å². The van der Waals surface area contributed by atoms with Gasteiger partial charge < -0.3 is 4.74 Å². The van der Waals surface area contributed by atoms with Crippen molar-refractivity contribution >= 4 is 10.1 Å². The zero-order valence-electron chi connectivity index (χ0n) is 11.4. The lowest BCUT2D eigenvalue weighted by molar-refractivity contribution is -0.0832. The van der Waals surface area contributed by atoms with E-state index in [0.29, 0.717) is 25.9 Å². The standard InChI is InChI=1S/C14H19FO4S/c1-20(16,17)19-14-12(15)8-5-9-13(14)18-10-11-6-3-2-4-7-11/h2-4,6-7,12-14H,5,8-10H2,1H3. The first-order valence-electron chi connectivity index (χ1n) is 6.63.